The van der Waals surface area contributed by atoms with E-state index >= 15 is 0 Å². The second-order valence-corrected chi connectivity index (χ2v) is 5.18. The number of benzene rings is 1. The van der Waals surface area contributed by atoms with Crippen molar-refractivity contribution in [2.75, 3.05) is 27.2 Å². The van der Waals surface area contributed by atoms with E-state index < -0.39 is 0 Å². The Morgan fingerprint density at radius 2 is 1.96 bits per heavy atom. The van der Waals surface area contributed by atoms with Crippen LogP contribution in [0.2, 0.25) is 0 Å². The maximum atomic E-state index is 11.8. The molecule has 1 unspecified atom stereocenters. The average Bonchev–Trinajstić information content (AvgIpc) is 2.50. The lowest BCUT2D eigenvalue weighted by Gasteiger charge is -2.21. The molecule has 3 N–H and O–H groups in total. The van der Waals surface area contributed by atoms with Gasteiger partial charge in [-0.2, -0.15) is 0 Å². The van der Waals surface area contributed by atoms with Crippen molar-refractivity contribution in [1.82, 2.24) is 10.2 Å². The van der Waals surface area contributed by atoms with Crippen LogP contribution in [0.4, 0.5) is 0 Å². The van der Waals surface area contributed by atoms with E-state index in [2.05, 4.69) is 5.32 Å². The summed E-state index contributed by atoms with van der Waals surface area (Å²) >= 11 is 0. The van der Waals surface area contributed by atoms with Gasteiger partial charge in [-0.25, -0.2) is 0 Å². The molecule has 23 heavy (non-hydrogen) atoms. The van der Waals surface area contributed by atoms with Gasteiger partial charge in [0.1, 0.15) is 5.75 Å². The zero-order chi connectivity index (χ0) is 16.5. The van der Waals surface area contributed by atoms with E-state index in [1.165, 1.54) is 4.90 Å². The molecule has 0 aliphatic rings. The summed E-state index contributed by atoms with van der Waals surface area (Å²) in [6.45, 7) is 2.27. The molecule has 0 aromatic heterocycles. The summed E-state index contributed by atoms with van der Waals surface area (Å²) in [7, 11) is 3.36. The first kappa shape index (κ1) is 21.2. The number of para-hydroxylation sites is 1. The maximum absolute atomic E-state index is 11.8. The van der Waals surface area contributed by atoms with Crippen LogP contribution in [0.15, 0.2) is 24.3 Å². The van der Waals surface area contributed by atoms with Crippen molar-refractivity contribution in [2.24, 2.45) is 5.73 Å². The van der Waals surface area contributed by atoms with E-state index in [1.54, 1.807) is 20.2 Å². The fourth-order valence-electron chi connectivity index (χ4n) is 1.97. The van der Waals surface area contributed by atoms with Gasteiger partial charge < -0.3 is 20.7 Å². The lowest BCUT2D eigenvalue weighted by molar-refractivity contribution is -0.130. The molecule has 0 saturated carbocycles. The van der Waals surface area contributed by atoms with Crippen LogP contribution in [-0.2, 0) is 9.59 Å². The molecule has 2 amide bonds. The van der Waals surface area contributed by atoms with Gasteiger partial charge in [-0.15, -0.1) is 12.4 Å². The molecule has 7 heteroatoms. The van der Waals surface area contributed by atoms with E-state index in [-0.39, 0.29) is 36.9 Å². The van der Waals surface area contributed by atoms with Crippen molar-refractivity contribution < 1.29 is 14.3 Å². The number of halogens is 1. The molecular weight excluding hydrogens is 318 g/mol. The van der Waals surface area contributed by atoms with Gasteiger partial charge in [-0.05, 0) is 12.5 Å². The van der Waals surface area contributed by atoms with Crippen molar-refractivity contribution in [3.63, 3.8) is 0 Å². The van der Waals surface area contributed by atoms with Gasteiger partial charge >= 0.3 is 0 Å². The van der Waals surface area contributed by atoms with Gasteiger partial charge in [-0.1, -0.05) is 25.1 Å². The average molecular weight is 344 g/mol. The Hall–Kier alpha value is -1.79. The molecule has 6 nitrogen and oxygen atoms in total. The molecule has 1 rings (SSSR count). The van der Waals surface area contributed by atoms with Crippen LogP contribution >= 0.6 is 12.4 Å². The molecule has 0 bridgehead atoms. The summed E-state index contributed by atoms with van der Waals surface area (Å²) in [5.74, 6) is 0.404. The number of likely N-dealkylation sites (N-methyl/N-ethyl adjacent to an activating group) is 1. The minimum atomic E-state index is -0.162. The minimum Gasteiger partial charge on any atom is -0.483 e. The zero-order valence-electron chi connectivity index (χ0n) is 13.9. The van der Waals surface area contributed by atoms with E-state index in [0.717, 1.165) is 12.0 Å². The van der Waals surface area contributed by atoms with Crippen molar-refractivity contribution in [2.45, 2.75) is 25.8 Å². The first-order valence-corrected chi connectivity index (χ1v) is 7.40. The lowest BCUT2D eigenvalue weighted by Crippen LogP contribution is -2.30. The Morgan fingerprint density at radius 1 is 1.30 bits per heavy atom. The number of carbonyl (C=O) groups excluding carboxylic acids is 2. The number of hydrogen-bond donors (Lipinski definition) is 2. The molecular formula is C16H26ClN3O3. The highest BCUT2D eigenvalue weighted by atomic mass is 35.5. The Morgan fingerprint density at radius 3 is 2.52 bits per heavy atom. The second kappa shape index (κ2) is 10.9. The van der Waals surface area contributed by atoms with Gasteiger partial charge in [0.25, 0.3) is 5.91 Å². The van der Waals surface area contributed by atoms with E-state index in [9.17, 15) is 9.59 Å². The summed E-state index contributed by atoms with van der Waals surface area (Å²) in [6.07, 6.45) is 1.01. The molecule has 1 atom stereocenters. The number of nitrogens with one attached hydrogen (secondary N) is 1. The van der Waals surface area contributed by atoms with Gasteiger partial charge in [0.2, 0.25) is 5.91 Å². The second-order valence-electron chi connectivity index (χ2n) is 5.18. The predicted molar refractivity (Wildman–Crippen MR) is 92.7 cm³/mol. The number of hydrogen-bond acceptors (Lipinski definition) is 4. The fourth-order valence-corrected chi connectivity index (χ4v) is 1.97. The third-order valence-corrected chi connectivity index (χ3v) is 3.26. The van der Waals surface area contributed by atoms with Gasteiger partial charge in [0.05, 0.1) is 6.04 Å². The fraction of sp³-hybridized carbons (Fsp3) is 0.500. The quantitative estimate of drug-likeness (QED) is 0.749. The number of rotatable bonds is 8. The van der Waals surface area contributed by atoms with Crippen molar-refractivity contribution in [3.8, 4) is 5.75 Å². The number of amides is 2. The molecule has 130 valence electrons. The predicted octanol–water partition coefficient (Wildman–Crippen LogP) is 1.49. The molecule has 0 saturated heterocycles. The monoisotopic (exact) mass is 343 g/mol. The van der Waals surface area contributed by atoms with Crippen molar-refractivity contribution in [3.05, 3.63) is 29.8 Å². The third kappa shape index (κ3) is 6.88. The summed E-state index contributed by atoms with van der Waals surface area (Å²) in [5.41, 5.74) is 6.26. The van der Waals surface area contributed by atoms with Gasteiger partial charge in [-0.3, -0.25) is 9.59 Å². The SMILES string of the molecule is CCC(NC(=O)CCN)c1ccccc1OCC(=O)N(C)C.Cl. The number of carbonyl (C=O) groups is 2. The molecule has 0 fully saturated rings. The van der Waals surface area contributed by atoms with Crippen molar-refractivity contribution >= 4 is 24.2 Å². The highest BCUT2D eigenvalue weighted by Crippen LogP contribution is 2.27. The maximum Gasteiger partial charge on any atom is 0.259 e. The van der Waals surface area contributed by atoms with Gasteiger partial charge in [0.15, 0.2) is 6.61 Å². The van der Waals surface area contributed by atoms with E-state index in [1.807, 2.05) is 25.1 Å². The molecule has 0 heterocycles. The van der Waals surface area contributed by atoms with Crippen LogP contribution in [0, 0.1) is 0 Å². The highest BCUT2D eigenvalue weighted by molar-refractivity contribution is 5.85. The Bertz CT molecular complexity index is 509. The van der Waals surface area contributed by atoms with Crippen LogP contribution in [0.1, 0.15) is 31.4 Å². The van der Waals surface area contributed by atoms with Crippen LogP contribution in [0.3, 0.4) is 0 Å². The Kier molecular flexibility index (Phi) is 10.0. The Balaban J connectivity index is 0.00000484. The Labute approximate surface area is 143 Å². The highest BCUT2D eigenvalue weighted by Gasteiger charge is 2.17. The molecule has 0 aliphatic carbocycles. The van der Waals surface area contributed by atoms with Crippen molar-refractivity contribution in [1.29, 1.82) is 0 Å². The van der Waals surface area contributed by atoms with Crippen LogP contribution in [-0.4, -0.2) is 44.0 Å². The van der Waals surface area contributed by atoms with E-state index in [4.69, 9.17) is 10.5 Å². The van der Waals surface area contributed by atoms with Crippen LogP contribution < -0.4 is 15.8 Å². The smallest absolute Gasteiger partial charge is 0.259 e. The molecule has 1 aromatic rings. The third-order valence-electron chi connectivity index (χ3n) is 3.26. The summed E-state index contributed by atoms with van der Waals surface area (Å²) in [6, 6.07) is 7.26. The topological polar surface area (TPSA) is 84.7 Å². The molecule has 0 radical (unpaired) electrons. The normalized spacial score (nSPS) is 11.1. The summed E-state index contributed by atoms with van der Waals surface area (Å²) < 4.78 is 5.62. The first-order chi connectivity index (χ1) is 10.5. The van der Waals surface area contributed by atoms with E-state index in [0.29, 0.717) is 18.7 Å². The molecule has 0 spiro atoms. The molecule has 1 aromatic carbocycles. The van der Waals surface area contributed by atoms with Crippen LogP contribution in [0.25, 0.3) is 0 Å². The zero-order valence-corrected chi connectivity index (χ0v) is 14.7. The minimum absolute atomic E-state index is 0. The standard InChI is InChI=1S/C16H25N3O3.ClH/c1-4-13(18-15(20)9-10-17)12-7-5-6-8-14(12)22-11-16(21)19(2)3;/h5-8,13H,4,9-11,17H2,1-3H3,(H,18,20);1H. The number of nitrogens with zero attached hydrogens (tertiary/aromatic N) is 1. The van der Waals surface area contributed by atoms with Gasteiger partial charge in [0, 0.05) is 32.6 Å². The summed E-state index contributed by atoms with van der Waals surface area (Å²) in [5, 5.41) is 2.94. The van der Waals surface area contributed by atoms with Crippen LogP contribution in [0.5, 0.6) is 5.75 Å². The first-order valence-electron chi connectivity index (χ1n) is 7.40. The largest absolute Gasteiger partial charge is 0.483 e. The number of ether oxygens (including phenoxy) is 1. The number of nitrogens with two attached hydrogens (primary N) is 1. The molecule has 0 aliphatic heterocycles. The summed E-state index contributed by atoms with van der Waals surface area (Å²) in [4.78, 5) is 24.9. The lowest BCUT2D eigenvalue weighted by atomic mass is 10.0.